The van der Waals surface area contributed by atoms with Gasteiger partial charge in [-0.1, -0.05) is 59.7 Å². The molecule has 0 heterocycles. The van der Waals surface area contributed by atoms with Crippen LogP contribution in [-0.4, -0.2) is 0 Å². The fourth-order valence-electron chi connectivity index (χ4n) is 4.83. The highest BCUT2D eigenvalue weighted by molar-refractivity contribution is 5.92. The molecule has 0 unspecified atom stereocenters. The highest BCUT2D eigenvalue weighted by atomic mass is 14.1. The summed E-state index contributed by atoms with van der Waals surface area (Å²) in [5.74, 6) is 0. The molecule has 0 N–H and O–H groups in total. The Hall–Kier alpha value is -2.86. The zero-order chi connectivity index (χ0) is 20.0. The number of hydrogen-bond acceptors (Lipinski definition) is 0. The predicted molar refractivity (Wildman–Crippen MR) is 123 cm³/mol. The molecule has 4 rings (SSSR count). The van der Waals surface area contributed by atoms with Crippen LogP contribution >= 0.6 is 0 Å². The molecule has 0 radical (unpaired) electrons. The molecule has 0 saturated carbocycles. The van der Waals surface area contributed by atoms with Crippen molar-refractivity contribution in [3.8, 4) is 22.3 Å². The average Bonchev–Trinajstić information content (AvgIpc) is 2.60. The molecule has 0 saturated heterocycles. The smallest absolute Gasteiger partial charge is 0.0125 e. The van der Waals surface area contributed by atoms with Gasteiger partial charge < -0.3 is 0 Å². The Morgan fingerprint density at radius 1 is 0.393 bits per heavy atom. The third kappa shape index (κ3) is 3.24. The van der Waals surface area contributed by atoms with Gasteiger partial charge in [0, 0.05) is 0 Å². The van der Waals surface area contributed by atoms with Crippen LogP contribution in [0.3, 0.4) is 0 Å². The first-order chi connectivity index (χ1) is 13.3. The van der Waals surface area contributed by atoms with Crippen molar-refractivity contribution < 1.29 is 0 Å². The molecule has 0 heteroatoms. The maximum Gasteiger partial charge on any atom is -0.0125 e. The predicted octanol–water partition coefficient (Wildman–Crippen LogP) is 8.02. The second-order valence-electron chi connectivity index (χ2n) is 8.32. The summed E-state index contributed by atoms with van der Waals surface area (Å²) in [5.41, 5.74) is 13.4. The summed E-state index contributed by atoms with van der Waals surface area (Å²) >= 11 is 0. The first kappa shape index (κ1) is 18.5. The number of hydrogen-bond donors (Lipinski definition) is 0. The highest BCUT2D eigenvalue weighted by Gasteiger charge is 2.10. The molecule has 0 amide bonds. The Morgan fingerprint density at radius 2 is 0.714 bits per heavy atom. The zero-order valence-electron chi connectivity index (χ0n) is 17.8. The molecule has 4 aromatic carbocycles. The van der Waals surface area contributed by atoms with Gasteiger partial charge >= 0.3 is 0 Å². The van der Waals surface area contributed by atoms with Crippen LogP contribution in [0.1, 0.15) is 33.4 Å². The van der Waals surface area contributed by atoms with Crippen LogP contribution in [0.2, 0.25) is 0 Å². The molecule has 140 valence electrons. The Balaban J connectivity index is 1.84. The molecule has 0 aromatic heterocycles. The van der Waals surface area contributed by atoms with Gasteiger partial charge in [-0.15, -0.1) is 0 Å². The Morgan fingerprint density at radius 3 is 1.04 bits per heavy atom. The molecule has 0 aliphatic rings. The van der Waals surface area contributed by atoms with Crippen molar-refractivity contribution >= 4 is 10.8 Å². The zero-order valence-corrected chi connectivity index (χ0v) is 17.8. The van der Waals surface area contributed by atoms with Gasteiger partial charge in [0.05, 0.1) is 0 Å². The largest absolute Gasteiger partial charge is 0.0557 e. The molecule has 0 atom stereocenters. The molecule has 0 aliphatic carbocycles. The summed E-state index contributed by atoms with van der Waals surface area (Å²) in [6.45, 7) is 13.2. The summed E-state index contributed by atoms with van der Waals surface area (Å²) in [4.78, 5) is 0. The first-order valence-corrected chi connectivity index (χ1v) is 10.0. The van der Waals surface area contributed by atoms with Crippen molar-refractivity contribution in [1.82, 2.24) is 0 Å². The van der Waals surface area contributed by atoms with E-state index in [1.165, 1.54) is 66.4 Å². The van der Waals surface area contributed by atoms with Crippen LogP contribution in [0.4, 0.5) is 0 Å². The molecule has 28 heavy (non-hydrogen) atoms. The average molecular weight is 365 g/mol. The lowest BCUT2D eigenvalue weighted by atomic mass is 9.90. The normalized spacial score (nSPS) is 11.2. The van der Waals surface area contributed by atoms with E-state index in [9.17, 15) is 0 Å². The summed E-state index contributed by atoms with van der Waals surface area (Å²) in [5, 5.41) is 2.59. The minimum Gasteiger partial charge on any atom is -0.0557 e. The fraction of sp³-hybridized carbons (Fsp3) is 0.214. The van der Waals surface area contributed by atoms with Crippen molar-refractivity contribution in [3.63, 3.8) is 0 Å². The second-order valence-corrected chi connectivity index (χ2v) is 8.32. The number of benzene rings is 4. The lowest BCUT2D eigenvalue weighted by Gasteiger charge is -2.14. The van der Waals surface area contributed by atoms with Crippen LogP contribution in [-0.2, 0) is 0 Å². The van der Waals surface area contributed by atoms with Gasteiger partial charge in [0.2, 0.25) is 0 Å². The van der Waals surface area contributed by atoms with Crippen molar-refractivity contribution in [2.75, 3.05) is 0 Å². The van der Waals surface area contributed by atoms with Gasteiger partial charge in [-0.25, -0.2) is 0 Å². The topological polar surface area (TPSA) is 0 Å². The van der Waals surface area contributed by atoms with Gasteiger partial charge in [0.15, 0.2) is 0 Å². The third-order valence-corrected chi connectivity index (χ3v) is 5.77. The van der Waals surface area contributed by atoms with E-state index in [4.69, 9.17) is 0 Å². The summed E-state index contributed by atoms with van der Waals surface area (Å²) in [6, 6.07) is 22.8. The van der Waals surface area contributed by atoms with E-state index in [-0.39, 0.29) is 0 Å². The third-order valence-electron chi connectivity index (χ3n) is 5.77. The van der Waals surface area contributed by atoms with E-state index in [1.54, 1.807) is 0 Å². The summed E-state index contributed by atoms with van der Waals surface area (Å²) < 4.78 is 0. The lowest BCUT2D eigenvalue weighted by molar-refractivity contribution is 1.32. The van der Waals surface area contributed by atoms with Gasteiger partial charge in [0.25, 0.3) is 0 Å². The molecule has 0 spiro atoms. The first-order valence-electron chi connectivity index (χ1n) is 10.0. The van der Waals surface area contributed by atoms with Crippen molar-refractivity contribution in [1.29, 1.82) is 0 Å². The molecular weight excluding hydrogens is 336 g/mol. The molecule has 0 aliphatic heterocycles. The van der Waals surface area contributed by atoms with E-state index < -0.39 is 0 Å². The summed E-state index contributed by atoms with van der Waals surface area (Å²) in [7, 11) is 0. The van der Waals surface area contributed by atoms with E-state index in [0.29, 0.717) is 0 Å². The minimum absolute atomic E-state index is 1.29. The van der Waals surface area contributed by atoms with E-state index in [2.05, 4.69) is 102 Å². The van der Waals surface area contributed by atoms with Crippen LogP contribution in [0.5, 0.6) is 0 Å². The molecule has 4 aromatic rings. The number of aryl methyl sites for hydroxylation is 6. The Kier molecular flexibility index (Phi) is 4.59. The molecule has 0 nitrogen and oxygen atoms in total. The van der Waals surface area contributed by atoms with Crippen LogP contribution in [0.15, 0.2) is 60.7 Å². The highest BCUT2D eigenvalue weighted by Crippen LogP contribution is 2.34. The van der Waals surface area contributed by atoms with Gasteiger partial charge in [-0.05, 0) is 109 Å². The summed E-state index contributed by atoms with van der Waals surface area (Å²) in [6.07, 6.45) is 0. The van der Waals surface area contributed by atoms with Gasteiger partial charge in [0.1, 0.15) is 0 Å². The minimum atomic E-state index is 1.29. The van der Waals surface area contributed by atoms with Gasteiger partial charge in [-0.3, -0.25) is 0 Å². The fourth-order valence-corrected chi connectivity index (χ4v) is 4.83. The monoisotopic (exact) mass is 364 g/mol. The molecule has 0 fully saturated rings. The number of fused-ring (bicyclic) bond motifs is 1. The number of rotatable bonds is 2. The van der Waals surface area contributed by atoms with Crippen molar-refractivity contribution in [2.45, 2.75) is 41.5 Å². The Bertz CT molecular complexity index is 1070. The maximum atomic E-state index is 2.33. The van der Waals surface area contributed by atoms with E-state index in [0.717, 1.165) is 0 Å². The van der Waals surface area contributed by atoms with E-state index >= 15 is 0 Å². The van der Waals surface area contributed by atoms with Crippen LogP contribution in [0, 0.1) is 41.5 Å². The quantitative estimate of drug-likeness (QED) is 0.338. The van der Waals surface area contributed by atoms with Gasteiger partial charge in [-0.2, -0.15) is 0 Å². The molecular formula is C28H28. The van der Waals surface area contributed by atoms with Crippen molar-refractivity contribution in [2.24, 2.45) is 0 Å². The maximum absolute atomic E-state index is 2.33. The molecule has 0 bridgehead atoms. The SMILES string of the molecule is Cc1cc(C)c(-c2ccc3cc(-c4c(C)cc(C)cc4C)ccc3c2)c(C)c1. The second kappa shape index (κ2) is 6.95. The van der Waals surface area contributed by atoms with Crippen LogP contribution in [0.25, 0.3) is 33.0 Å². The van der Waals surface area contributed by atoms with Crippen molar-refractivity contribution in [3.05, 3.63) is 94.0 Å². The lowest BCUT2D eigenvalue weighted by Crippen LogP contribution is -1.91. The Labute approximate surface area is 168 Å². The standard InChI is InChI=1S/C28H28/c1-17-11-19(3)27(20(4)12-17)25-9-7-24-16-26(10-8-23(24)15-25)28-21(5)13-18(2)14-22(28)6/h7-16H,1-6H3. The van der Waals surface area contributed by atoms with Crippen LogP contribution < -0.4 is 0 Å². The van der Waals surface area contributed by atoms with E-state index in [1.807, 2.05) is 0 Å².